The molecule has 0 aliphatic heterocycles. The molecule has 0 aliphatic carbocycles. The fourth-order valence-corrected chi connectivity index (χ4v) is 5.31. The summed E-state index contributed by atoms with van der Waals surface area (Å²) in [5.74, 6) is -1.95. The summed E-state index contributed by atoms with van der Waals surface area (Å²) in [6.45, 7) is -2.38. The van der Waals surface area contributed by atoms with Gasteiger partial charge in [0.25, 0.3) is 0 Å². The second-order valence-corrected chi connectivity index (χ2v) is 12.5. The van der Waals surface area contributed by atoms with E-state index in [1.54, 1.807) is 0 Å². The molecule has 0 saturated carbocycles. The predicted molar refractivity (Wildman–Crippen MR) is 187 cm³/mol. The van der Waals surface area contributed by atoms with Crippen LogP contribution in [-0.2, 0) is 19.1 Å². The third-order valence-corrected chi connectivity index (χ3v) is 8.15. The van der Waals surface area contributed by atoms with Gasteiger partial charge in [0.05, 0.1) is 6.85 Å². The predicted octanol–water partition coefficient (Wildman–Crippen LogP) is 11.7. The minimum atomic E-state index is -3.65. The minimum absolute atomic E-state index is 0.105. The molecule has 0 spiro atoms. The van der Waals surface area contributed by atoms with Gasteiger partial charge in [-0.15, -0.1) is 0 Å². The normalized spacial score (nSPS) is 15.2. The number of ether oxygens (including phenoxy) is 2. The lowest BCUT2D eigenvalue weighted by molar-refractivity contribution is -0.152. The van der Waals surface area contributed by atoms with E-state index in [4.69, 9.17) is 16.3 Å². The molecule has 1 N–H and O–H groups in total. The van der Waals surface area contributed by atoms with Gasteiger partial charge in [0.1, 0.15) is 19.2 Å². The van der Waals surface area contributed by atoms with Crippen molar-refractivity contribution >= 4 is 11.9 Å². The molecule has 0 unspecified atom stereocenters. The van der Waals surface area contributed by atoms with Crippen molar-refractivity contribution in [2.24, 2.45) is 0 Å². The number of unbranched alkanes of at least 4 members (excludes halogenated alkanes) is 25. The van der Waals surface area contributed by atoms with E-state index in [0.29, 0.717) is 12.8 Å². The van der Waals surface area contributed by atoms with Crippen molar-refractivity contribution in [3.8, 4) is 0 Å². The van der Waals surface area contributed by atoms with Crippen LogP contribution in [0.3, 0.4) is 0 Å². The van der Waals surface area contributed by atoms with Crippen molar-refractivity contribution in [2.75, 3.05) is 13.1 Å². The van der Waals surface area contributed by atoms with E-state index < -0.39 is 31.1 Å². The van der Waals surface area contributed by atoms with Crippen molar-refractivity contribution in [1.82, 2.24) is 0 Å². The molecular formula is C39H74O5. The molecule has 5 heteroatoms. The summed E-state index contributed by atoms with van der Waals surface area (Å²) in [4.78, 5) is 24.5. The Morgan fingerprint density at radius 1 is 0.523 bits per heavy atom. The molecule has 0 aromatic carbocycles. The standard InChI is InChI=1S/C39H74O5/c1-3-5-7-9-11-13-15-17-19-21-23-25-27-29-31-33-38(41)43-35-37(40)36-44-39(42)34-32-30-28-26-24-22-20-18-16-14-12-10-8-6-4-2/h17,19,37,40H,3-16,18,20-36H2,1-2H3/b19-17-/t37-/m0/s1/i35D2,36D2,37D. The lowest BCUT2D eigenvalue weighted by Crippen LogP contribution is -2.25. The smallest absolute Gasteiger partial charge is 0.305 e. The molecule has 0 saturated heterocycles. The summed E-state index contributed by atoms with van der Waals surface area (Å²) in [6, 6.07) is 0. The number of rotatable bonds is 35. The van der Waals surface area contributed by atoms with Gasteiger partial charge in [-0.05, 0) is 38.5 Å². The molecule has 0 fully saturated rings. The summed E-state index contributed by atoms with van der Waals surface area (Å²) >= 11 is 0. The lowest BCUT2D eigenvalue weighted by Gasteiger charge is -2.12. The minimum Gasteiger partial charge on any atom is -0.463 e. The van der Waals surface area contributed by atoms with Crippen LogP contribution >= 0.6 is 0 Å². The number of esters is 2. The molecule has 5 nitrogen and oxygen atoms in total. The van der Waals surface area contributed by atoms with Gasteiger partial charge in [-0.25, -0.2) is 0 Å². The van der Waals surface area contributed by atoms with E-state index in [-0.39, 0.29) is 12.8 Å². The number of carbonyl (C=O) groups is 2. The van der Waals surface area contributed by atoms with Crippen molar-refractivity contribution in [3.63, 3.8) is 0 Å². The fourth-order valence-electron chi connectivity index (χ4n) is 5.31. The first kappa shape index (κ1) is 34.0. The van der Waals surface area contributed by atoms with Gasteiger partial charge in [0.15, 0.2) is 0 Å². The summed E-state index contributed by atoms with van der Waals surface area (Å²) in [7, 11) is 0. The number of aliphatic hydroxyl groups is 1. The van der Waals surface area contributed by atoms with Gasteiger partial charge in [-0.2, -0.15) is 0 Å². The Labute approximate surface area is 280 Å². The monoisotopic (exact) mass is 628 g/mol. The zero-order valence-electron chi connectivity index (χ0n) is 33.9. The maximum Gasteiger partial charge on any atom is 0.305 e. The maximum absolute atomic E-state index is 12.3. The quantitative estimate of drug-likeness (QED) is 0.0430. The molecule has 260 valence electrons. The van der Waals surface area contributed by atoms with Crippen molar-refractivity contribution in [2.45, 2.75) is 213 Å². The van der Waals surface area contributed by atoms with Gasteiger partial charge in [-0.1, -0.05) is 167 Å². The Bertz CT molecular complexity index is 835. The van der Waals surface area contributed by atoms with Gasteiger partial charge in [0, 0.05) is 12.8 Å². The summed E-state index contributed by atoms with van der Waals surface area (Å²) < 4.78 is 49.1. The third-order valence-electron chi connectivity index (χ3n) is 8.15. The van der Waals surface area contributed by atoms with Gasteiger partial charge in [-0.3, -0.25) is 9.59 Å². The van der Waals surface area contributed by atoms with Crippen LogP contribution in [0.1, 0.15) is 213 Å². The van der Waals surface area contributed by atoms with Crippen LogP contribution in [0.25, 0.3) is 0 Å². The second kappa shape index (κ2) is 36.1. The van der Waals surface area contributed by atoms with Crippen LogP contribution in [-0.4, -0.2) is 36.2 Å². The van der Waals surface area contributed by atoms with Crippen molar-refractivity contribution in [3.05, 3.63) is 12.2 Å². The molecule has 0 heterocycles. The highest BCUT2D eigenvalue weighted by Gasteiger charge is 2.12. The molecule has 1 atom stereocenters. The third kappa shape index (κ3) is 35.1. The van der Waals surface area contributed by atoms with Gasteiger partial charge in [0.2, 0.25) is 0 Å². The number of carbonyl (C=O) groups excluding carboxylic acids is 2. The van der Waals surface area contributed by atoms with E-state index in [1.807, 2.05) is 0 Å². The second-order valence-electron chi connectivity index (χ2n) is 12.5. The van der Waals surface area contributed by atoms with E-state index in [9.17, 15) is 14.7 Å². The molecule has 0 aromatic rings. The van der Waals surface area contributed by atoms with Gasteiger partial charge < -0.3 is 14.6 Å². The molecule has 0 amide bonds. The maximum atomic E-state index is 12.3. The summed E-state index contributed by atoms with van der Waals surface area (Å²) in [5, 5.41) is 10.4. The largest absolute Gasteiger partial charge is 0.463 e. The SMILES string of the molecule is [2H]C([2H])(OC(=O)CCCCCCC/C=C\CCCCCCCC)[C@]([2H])(O)C([2H])([2H])OC(=O)CCCCCCCCCCCCCCCCC. The highest BCUT2D eigenvalue weighted by molar-refractivity contribution is 5.69. The van der Waals surface area contributed by atoms with Crippen LogP contribution in [0.2, 0.25) is 0 Å². The molecule has 0 aromatic heterocycles. The molecule has 44 heavy (non-hydrogen) atoms. The van der Waals surface area contributed by atoms with Crippen LogP contribution < -0.4 is 0 Å². The number of hydrogen-bond acceptors (Lipinski definition) is 5. The zero-order valence-corrected chi connectivity index (χ0v) is 28.9. The first-order valence-electron chi connectivity index (χ1n) is 21.2. The Kier molecular flexibility index (Phi) is 27.9. The molecule has 0 aliphatic rings. The number of hydrogen-bond donors (Lipinski definition) is 1. The summed E-state index contributed by atoms with van der Waals surface area (Å²) in [6.07, 6.45) is 32.4. The zero-order chi connectivity index (χ0) is 36.7. The molecular weight excluding hydrogens is 548 g/mol. The first-order chi connectivity index (χ1) is 23.4. The lowest BCUT2D eigenvalue weighted by atomic mass is 10.0. The van der Waals surface area contributed by atoms with Crippen LogP contribution in [0, 0.1) is 0 Å². The Morgan fingerprint density at radius 2 is 0.795 bits per heavy atom. The highest BCUT2D eigenvalue weighted by Crippen LogP contribution is 2.14. The van der Waals surface area contributed by atoms with Crippen molar-refractivity contribution < 1.29 is 31.0 Å². The fraction of sp³-hybridized carbons (Fsp3) is 0.897. The first-order valence-corrected chi connectivity index (χ1v) is 18.7. The highest BCUT2D eigenvalue weighted by atomic mass is 16.6. The Hall–Kier alpha value is -1.36. The molecule has 0 rings (SSSR count). The average molecular weight is 628 g/mol. The topological polar surface area (TPSA) is 72.8 Å². The van der Waals surface area contributed by atoms with Crippen molar-refractivity contribution in [1.29, 1.82) is 0 Å². The van der Waals surface area contributed by atoms with E-state index in [2.05, 4.69) is 26.0 Å². The number of allylic oxidation sites excluding steroid dienone is 2. The Balaban J connectivity index is 4.06. The Morgan fingerprint density at radius 3 is 1.11 bits per heavy atom. The van der Waals surface area contributed by atoms with Gasteiger partial charge >= 0.3 is 11.9 Å². The van der Waals surface area contributed by atoms with Crippen LogP contribution in [0.5, 0.6) is 0 Å². The summed E-state index contributed by atoms with van der Waals surface area (Å²) in [5.41, 5.74) is 0. The van der Waals surface area contributed by atoms with E-state index in [1.165, 1.54) is 103 Å². The molecule has 0 bridgehead atoms. The average Bonchev–Trinajstić information content (AvgIpc) is 3.04. The van der Waals surface area contributed by atoms with E-state index in [0.717, 1.165) is 64.2 Å². The molecule has 0 radical (unpaired) electrons. The van der Waals surface area contributed by atoms with E-state index >= 15 is 0 Å². The van der Waals surface area contributed by atoms with Crippen LogP contribution in [0.15, 0.2) is 12.2 Å². The van der Waals surface area contributed by atoms with Crippen LogP contribution in [0.4, 0.5) is 0 Å².